The average molecular weight is 324 g/mol. The summed E-state index contributed by atoms with van der Waals surface area (Å²) in [5, 5.41) is 14.2. The maximum atomic E-state index is 10.2. The minimum atomic E-state index is 0.183. The van der Waals surface area contributed by atoms with Gasteiger partial charge >= 0.3 is 6.01 Å². The minimum absolute atomic E-state index is 0.183. The highest BCUT2D eigenvalue weighted by atomic mass is 16.4. The van der Waals surface area contributed by atoms with Gasteiger partial charge < -0.3 is 14.4 Å². The Morgan fingerprint density at radius 2 is 2.00 bits per heavy atom. The van der Waals surface area contributed by atoms with Crippen molar-refractivity contribution in [2.45, 2.75) is 13.8 Å². The molecule has 0 bridgehead atoms. The van der Waals surface area contributed by atoms with Gasteiger partial charge in [0, 0.05) is 30.4 Å². The van der Waals surface area contributed by atoms with E-state index < -0.39 is 0 Å². The quantitative estimate of drug-likeness (QED) is 0.532. The van der Waals surface area contributed by atoms with Crippen molar-refractivity contribution >= 4 is 29.0 Å². The van der Waals surface area contributed by atoms with Gasteiger partial charge in [-0.3, -0.25) is 0 Å². The second-order valence-electron chi connectivity index (χ2n) is 5.27. The number of hydrazone groups is 1. The molecule has 1 aromatic heterocycles. The van der Waals surface area contributed by atoms with Gasteiger partial charge in [-0.1, -0.05) is 12.1 Å². The SMILES string of the molecule is CCN(CC)c1ccc(C=NNc2nc3ccccc3o2)c(O)c1. The molecule has 0 atom stereocenters. The number of hydrogen-bond acceptors (Lipinski definition) is 6. The summed E-state index contributed by atoms with van der Waals surface area (Å²) in [7, 11) is 0. The molecule has 0 saturated heterocycles. The molecule has 0 radical (unpaired) electrons. The summed E-state index contributed by atoms with van der Waals surface area (Å²) in [5.74, 6) is 0.183. The Bertz CT molecular complexity index is 820. The molecule has 6 heteroatoms. The van der Waals surface area contributed by atoms with Crippen LogP contribution < -0.4 is 10.3 Å². The van der Waals surface area contributed by atoms with Gasteiger partial charge in [0.15, 0.2) is 5.58 Å². The standard InChI is InChI=1S/C18H20N4O2/c1-3-22(4-2)14-10-9-13(16(23)11-14)12-19-21-18-20-15-7-5-6-8-17(15)24-18/h5-12,23H,3-4H2,1-2H3,(H,20,21). The first kappa shape index (κ1) is 15.9. The molecule has 1 heterocycles. The topological polar surface area (TPSA) is 73.9 Å². The number of nitrogens with zero attached hydrogens (tertiary/aromatic N) is 3. The number of phenols is 1. The van der Waals surface area contributed by atoms with Crippen molar-refractivity contribution in [1.29, 1.82) is 0 Å². The fraction of sp³-hybridized carbons (Fsp3) is 0.222. The van der Waals surface area contributed by atoms with E-state index in [0.717, 1.165) is 24.3 Å². The zero-order valence-electron chi connectivity index (χ0n) is 13.7. The molecule has 0 aliphatic carbocycles. The van der Waals surface area contributed by atoms with Crippen LogP contribution in [0.2, 0.25) is 0 Å². The summed E-state index contributed by atoms with van der Waals surface area (Å²) in [6, 6.07) is 13.3. The molecule has 2 aromatic carbocycles. The highest BCUT2D eigenvalue weighted by molar-refractivity contribution is 5.85. The Balaban J connectivity index is 1.72. The van der Waals surface area contributed by atoms with Crippen LogP contribution in [0.3, 0.4) is 0 Å². The first-order chi connectivity index (χ1) is 11.7. The first-order valence-electron chi connectivity index (χ1n) is 7.94. The van der Waals surface area contributed by atoms with Gasteiger partial charge in [0.2, 0.25) is 0 Å². The molecule has 0 fully saturated rings. The van der Waals surface area contributed by atoms with Crippen molar-refractivity contribution in [2.24, 2.45) is 5.10 Å². The van der Waals surface area contributed by atoms with E-state index in [1.54, 1.807) is 6.07 Å². The van der Waals surface area contributed by atoms with Crippen molar-refractivity contribution in [3.63, 3.8) is 0 Å². The van der Waals surface area contributed by atoms with Crippen LogP contribution in [-0.4, -0.2) is 29.4 Å². The lowest BCUT2D eigenvalue weighted by atomic mass is 10.2. The molecule has 0 saturated carbocycles. The number of anilines is 2. The second kappa shape index (κ2) is 7.04. The van der Waals surface area contributed by atoms with Crippen molar-refractivity contribution in [3.05, 3.63) is 48.0 Å². The Morgan fingerprint density at radius 1 is 1.21 bits per heavy atom. The molecule has 2 N–H and O–H groups in total. The molecule has 3 rings (SSSR count). The van der Waals surface area contributed by atoms with E-state index in [9.17, 15) is 5.11 Å². The molecule has 24 heavy (non-hydrogen) atoms. The van der Waals surface area contributed by atoms with E-state index in [1.165, 1.54) is 6.21 Å². The highest BCUT2D eigenvalue weighted by Crippen LogP contribution is 2.24. The maximum absolute atomic E-state index is 10.2. The third kappa shape index (κ3) is 3.32. The number of aromatic nitrogens is 1. The molecule has 124 valence electrons. The molecular formula is C18H20N4O2. The number of hydrogen-bond donors (Lipinski definition) is 2. The number of nitrogens with one attached hydrogen (secondary N) is 1. The Hall–Kier alpha value is -3.02. The minimum Gasteiger partial charge on any atom is -0.507 e. The van der Waals surface area contributed by atoms with Gasteiger partial charge in [-0.05, 0) is 38.1 Å². The van der Waals surface area contributed by atoms with Crippen LogP contribution in [0.25, 0.3) is 11.1 Å². The predicted octanol–water partition coefficient (Wildman–Crippen LogP) is 3.83. The van der Waals surface area contributed by atoms with Gasteiger partial charge in [-0.25, -0.2) is 5.43 Å². The first-order valence-corrected chi connectivity index (χ1v) is 7.94. The summed E-state index contributed by atoms with van der Waals surface area (Å²) in [6.45, 7) is 5.95. The fourth-order valence-corrected chi connectivity index (χ4v) is 2.50. The lowest BCUT2D eigenvalue weighted by Gasteiger charge is -2.21. The van der Waals surface area contributed by atoms with E-state index >= 15 is 0 Å². The van der Waals surface area contributed by atoms with Crippen LogP contribution in [0.4, 0.5) is 11.7 Å². The molecule has 0 aliphatic rings. The van der Waals surface area contributed by atoms with Crippen LogP contribution in [0, 0.1) is 0 Å². The van der Waals surface area contributed by atoms with Crippen molar-refractivity contribution in [1.82, 2.24) is 4.98 Å². The molecule has 6 nitrogen and oxygen atoms in total. The number of benzene rings is 2. The van der Waals surface area contributed by atoms with Gasteiger partial charge in [0.05, 0.1) is 6.21 Å². The molecule has 0 aliphatic heterocycles. The van der Waals surface area contributed by atoms with Crippen LogP contribution in [0.15, 0.2) is 52.0 Å². The van der Waals surface area contributed by atoms with Gasteiger partial charge in [0.25, 0.3) is 0 Å². The maximum Gasteiger partial charge on any atom is 0.316 e. The van der Waals surface area contributed by atoms with Gasteiger partial charge in [-0.2, -0.15) is 10.1 Å². The van der Waals surface area contributed by atoms with Crippen molar-refractivity contribution in [3.8, 4) is 5.75 Å². The number of para-hydroxylation sites is 2. The normalized spacial score (nSPS) is 11.2. The third-order valence-corrected chi connectivity index (χ3v) is 3.80. The van der Waals surface area contributed by atoms with E-state index in [1.807, 2.05) is 36.4 Å². The molecule has 3 aromatic rings. The number of rotatable bonds is 6. The van der Waals surface area contributed by atoms with Crippen LogP contribution in [0.5, 0.6) is 5.75 Å². The fourth-order valence-electron chi connectivity index (χ4n) is 2.50. The van der Waals surface area contributed by atoms with E-state index in [-0.39, 0.29) is 5.75 Å². The number of phenolic OH excluding ortho intramolecular Hbond substituents is 1. The Labute approximate surface area is 140 Å². The Kier molecular flexibility index (Phi) is 4.65. The van der Waals surface area contributed by atoms with E-state index in [2.05, 4.69) is 34.3 Å². The summed E-state index contributed by atoms with van der Waals surface area (Å²) >= 11 is 0. The van der Waals surface area contributed by atoms with Gasteiger partial charge in [0.1, 0.15) is 11.3 Å². The molecular weight excluding hydrogens is 304 g/mol. The Morgan fingerprint density at radius 3 is 2.71 bits per heavy atom. The smallest absolute Gasteiger partial charge is 0.316 e. The number of fused-ring (bicyclic) bond motifs is 1. The summed E-state index contributed by atoms with van der Waals surface area (Å²) in [4.78, 5) is 6.43. The lowest BCUT2D eigenvalue weighted by Crippen LogP contribution is -2.21. The summed E-state index contributed by atoms with van der Waals surface area (Å²) in [6.07, 6.45) is 1.54. The largest absolute Gasteiger partial charge is 0.507 e. The average Bonchev–Trinajstić information content (AvgIpc) is 3.00. The van der Waals surface area contributed by atoms with Crippen LogP contribution >= 0.6 is 0 Å². The number of oxazole rings is 1. The molecule has 0 amide bonds. The molecule has 0 spiro atoms. The number of aromatic hydroxyl groups is 1. The summed E-state index contributed by atoms with van der Waals surface area (Å²) in [5.41, 5.74) is 5.81. The van der Waals surface area contributed by atoms with E-state index in [4.69, 9.17) is 4.42 Å². The predicted molar refractivity (Wildman–Crippen MR) is 96.9 cm³/mol. The zero-order valence-corrected chi connectivity index (χ0v) is 13.7. The zero-order chi connectivity index (χ0) is 16.9. The second-order valence-corrected chi connectivity index (χ2v) is 5.27. The summed E-state index contributed by atoms with van der Waals surface area (Å²) < 4.78 is 5.51. The third-order valence-electron chi connectivity index (χ3n) is 3.80. The van der Waals surface area contributed by atoms with Crippen LogP contribution in [-0.2, 0) is 0 Å². The van der Waals surface area contributed by atoms with Crippen LogP contribution in [0.1, 0.15) is 19.4 Å². The lowest BCUT2D eigenvalue weighted by molar-refractivity contribution is 0.474. The van der Waals surface area contributed by atoms with Crippen molar-refractivity contribution < 1.29 is 9.52 Å². The molecule has 0 unspecified atom stereocenters. The van der Waals surface area contributed by atoms with Crippen molar-refractivity contribution in [2.75, 3.05) is 23.4 Å². The van der Waals surface area contributed by atoms with E-state index in [0.29, 0.717) is 17.2 Å². The van der Waals surface area contributed by atoms with Gasteiger partial charge in [-0.15, -0.1) is 0 Å². The highest BCUT2D eigenvalue weighted by Gasteiger charge is 2.06. The monoisotopic (exact) mass is 324 g/mol.